The van der Waals surface area contributed by atoms with Crippen LogP contribution in [0, 0.1) is 6.92 Å². The molecule has 0 aromatic rings. The Morgan fingerprint density at radius 2 is 2.09 bits per heavy atom. The highest BCUT2D eigenvalue weighted by Gasteiger charge is 2.04. The highest BCUT2D eigenvalue weighted by atomic mass is 15.0. The molecule has 0 saturated heterocycles. The van der Waals surface area contributed by atoms with Gasteiger partial charge in [-0.1, -0.05) is 0 Å². The molecule has 0 radical (unpaired) electrons. The Labute approximate surface area is 65.8 Å². The summed E-state index contributed by atoms with van der Waals surface area (Å²) >= 11 is 0. The smallest absolute Gasteiger partial charge is 0.0680 e. The lowest BCUT2D eigenvalue weighted by molar-refractivity contribution is 0.867. The van der Waals surface area contributed by atoms with Crippen LogP contribution < -0.4 is 0 Å². The van der Waals surface area contributed by atoms with E-state index < -0.39 is 0 Å². The Kier molecular flexibility index (Phi) is 1.22. The summed E-state index contributed by atoms with van der Waals surface area (Å²) in [6.07, 6.45) is 3.77. The molecule has 2 rings (SSSR count). The molecule has 0 saturated carbocycles. The van der Waals surface area contributed by atoms with E-state index in [2.05, 4.69) is 35.7 Å². The summed E-state index contributed by atoms with van der Waals surface area (Å²) in [7, 11) is 2.05. The Balaban J connectivity index is 2.81. The molecular formula is C9H10N2. The van der Waals surface area contributed by atoms with Gasteiger partial charge in [-0.3, -0.25) is 4.98 Å². The number of rotatable bonds is 0. The minimum Gasteiger partial charge on any atom is -0.347 e. The molecule has 11 heavy (non-hydrogen) atoms. The molecule has 0 unspecified atom stereocenters. The number of hydrogen-bond donors (Lipinski definition) is 0. The molecule has 0 atom stereocenters. The molecule has 0 amide bonds. The van der Waals surface area contributed by atoms with Crippen molar-refractivity contribution in [3.63, 3.8) is 0 Å². The van der Waals surface area contributed by atoms with Crippen LogP contribution in [0.1, 0.15) is 5.69 Å². The number of aromatic nitrogens is 2. The van der Waals surface area contributed by atoms with Gasteiger partial charge in [-0.15, -0.1) is 0 Å². The molecule has 0 aromatic heterocycles. The van der Waals surface area contributed by atoms with Gasteiger partial charge < -0.3 is 4.57 Å². The molecule has 0 fully saturated rings. The number of nitrogens with zero attached hydrogens (tertiary/aromatic N) is 2. The SMILES string of the molecule is Cc1ccc2cncc-2n1C. The van der Waals surface area contributed by atoms with Crippen molar-refractivity contribution in [2.24, 2.45) is 7.05 Å². The third kappa shape index (κ3) is 0.827. The molecule has 0 bridgehead atoms. The summed E-state index contributed by atoms with van der Waals surface area (Å²) in [5, 5.41) is 0. The summed E-state index contributed by atoms with van der Waals surface area (Å²) in [6.45, 7) is 2.09. The first-order valence-corrected chi connectivity index (χ1v) is 3.65. The van der Waals surface area contributed by atoms with Crippen LogP contribution >= 0.6 is 0 Å². The zero-order chi connectivity index (χ0) is 7.84. The van der Waals surface area contributed by atoms with Crippen molar-refractivity contribution in [2.75, 3.05) is 0 Å². The first kappa shape index (κ1) is 6.40. The molecule has 56 valence electrons. The molecular weight excluding hydrogens is 136 g/mol. The van der Waals surface area contributed by atoms with Gasteiger partial charge in [0.2, 0.25) is 0 Å². The van der Waals surface area contributed by atoms with Gasteiger partial charge in [-0.05, 0) is 19.1 Å². The lowest BCUT2D eigenvalue weighted by Gasteiger charge is -2.09. The van der Waals surface area contributed by atoms with Gasteiger partial charge in [0.25, 0.3) is 0 Å². The van der Waals surface area contributed by atoms with Crippen molar-refractivity contribution >= 4 is 0 Å². The van der Waals surface area contributed by atoms with E-state index in [9.17, 15) is 0 Å². The summed E-state index contributed by atoms with van der Waals surface area (Å²) in [6, 6.07) is 4.20. The van der Waals surface area contributed by atoms with Crippen LogP contribution in [0.25, 0.3) is 11.3 Å². The molecule has 2 heterocycles. The number of pyridine rings is 1. The summed E-state index contributed by atoms with van der Waals surface area (Å²) < 4.78 is 2.14. The van der Waals surface area contributed by atoms with Crippen molar-refractivity contribution in [3.05, 3.63) is 30.2 Å². The maximum Gasteiger partial charge on any atom is 0.0680 e. The van der Waals surface area contributed by atoms with E-state index >= 15 is 0 Å². The van der Waals surface area contributed by atoms with Crippen LogP contribution in [0.15, 0.2) is 24.5 Å². The van der Waals surface area contributed by atoms with Crippen molar-refractivity contribution < 1.29 is 0 Å². The normalized spacial score (nSPS) is 10.7. The average Bonchev–Trinajstić information content (AvgIpc) is 2.45. The van der Waals surface area contributed by atoms with E-state index in [1.807, 2.05) is 12.4 Å². The molecule has 2 nitrogen and oxygen atoms in total. The summed E-state index contributed by atoms with van der Waals surface area (Å²) in [5.41, 5.74) is 3.66. The van der Waals surface area contributed by atoms with Gasteiger partial charge in [0.15, 0.2) is 0 Å². The second-order valence-electron chi connectivity index (χ2n) is 2.78. The summed E-state index contributed by atoms with van der Waals surface area (Å²) in [4.78, 5) is 4.08. The van der Waals surface area contributed by atoms with Crippen molar-refractivity contribution in [1.29, 1.82) is 0 Å². The van der Waals surface area contributed by atoms with Gasteiger partial charge in [0.1, 0.15) is 0 Å². The fourth-order valence-electron chi connectivity index (χ4n) is 1.25. The molecule has 0 aromatic carbocycles. The number of fused-ring (bicyclic) bond motifs is 1. The highest BCUT2D eigenvalue weighted by molar-refractivity contribution is 5.60. The Hall–Kier alpha value is -1.31. The van der Waals surface area contributed by atoms with Crippen LogP contribution in [-0.2, 0) is 7.05 Å². The zero-order valence-corrected chi connectivity index (χ0v) is 6.70. The zero-order valence-electron chi connectivity index (χ0n) is 6.70. The lowest BCUT2D eigenvalue weighted by Crippen LogP contribution is -1.98. The molecule has 2 aliphatic rings. The van der Waals surface area contributed by atoms with E-state index in [1.54, 1.807) is 0 Å². The van der Waals surface area contributed by atoms with Crippen LogP contribution in [-0.4, -0.2) is 9.55 Å². The van der Waals surface area contributed by atoms with Crippen molar-refractivity contribution in [1.82, 2.24) is 9.55 Å². The number of aryl methyl sites for hydroxylation is 1. The second-order valence-corrected chi connectivity index (χ2v) is 2.78. The Morgan fingerprint density at radius 3 is 2.91 bits per heavy atom. The quantitative estimate of drug-likeness (QED) is 0.554. The van der Waals surface area contributed by atoms with E-state index in [-0.39, 0.29) is 0 Å². The second kappa shape index (κ2) is 2.09. The van der Waals surface area contributed by atoms with Crippen molar-refractivity contribution in [2.45, 2.75) is 6.92 Å². The molecule has 0 aliphatic carbocycles. The van der Waals surface area contributed by atoms with E-state index in [0.29, 0.717) is 0 Å². The molecule has 0 N–H and O–H groups in total. The Morgan fingerprint density at radius 1 is 1.27 bits per heavy atom. The number of hydrogen-bond acceptors (Lipinski definition) is 1. The first-order chi connectivity index (χ1) is 5.29. The third-order valence-electron chi connectivity index (χ3n) is 2.10. The molecule has 2 aliphatic heterocycles. The van der Waals surface area contributed by atoms with Gasteiger partial charge in [0.05, 0.1) is 11.9 Å². The molecule has 0 spiro atoms. The van der Waals surface area contributed by atoms with Gasteiger partial charge in [-0.25, -0.2) is 0 Å². The van der Waals surface area contributed by atoms with Crippen LogP contribution in [0.5, 0.6) is 0 Å². The van der Waals surface area contributed by atoms with E-state index in [0.717, 1.165) is 0 Å². The minimum absolute atomic E-state index is 1.20. The monoisotopic (exact) mass is 146 g/mol. The van der Waals surface area contributed by atoms with Gasteiger partial charge >= 0.3 is 0 Å². The molecule has 2 heteroatoms. The standard InChI is InChI=1S/C9H10N2/c1-7-3-4-8-5-10-6-9(8)11(7)2/h3-6H,1-2H3. The van der Waals surface area contributed by atoms with Crippen LogP contribution in [0.3, 0.4) is 0 Å². The van der Waals surface area contributed by atoms with Crippen molar-refractivity contribution in [3.8, 4) is 11.3 Å². The fourth-order valence-corrected chi connectivity index (χ4v) is 1.25. The predicted octanol–water partition coefficient (Wildman–Crippen LogP) is 1.83. The predicted molar refractivity (Wildman–Crippen MR) is 44.6 cm³/mol. The maximum absolute atomic E-state index is 4.08. The average molecular weight is 146 g/mol. The summed E-state index contributed by atoms with van der Waals surface area (Å²) in [5.74, 6) is 0. The third-order valence-corrected chi connectivity index (χ3v) is 2.10. The van der Waals surface area contributed by atoms with Gasteiger partial charge in [0, 0.05) is 24.5 Å². The van der Waals surface area contributed by atoms with E-state index in [1.165, 1.54) is 17.0 Å². The van der Waals surface area contributed by atoms with Crippen LogP contribution in [0.4, 0.5) is 0 Å². The topological polar surface area (TPSA) is 17.8 Å². The fraction of sp³-hybridized carbons (Fsp3) is 0.222. The maximum atomic E-state index is 4.08. The van der Waals surface area contributed by atoms with Gasteiger partial charge in [-0.2, -0.15) is 0 Å². The highest BCUT2D eigenvalue weighted by Crippen LogP contribution is 2.20. The van der Waals surface area contributed by atoms with Crippen LogP contribution in [0.2, 0.25) is 0 Å². The Bertz CT molecular complexity index is 349. The first-order valence-electron chi connectivity index (χ1n) is 3.65. The largest absolute Gasteiger partial charge is 0.347 e. The minimum atomic E-state index is 1.20. The lowest BCUT2D eigenvalue weighted by atomic mass is 10.2. The van der Waals surface area contributed by atoms with E-state index in [4.69, 9.17) is 0 Å².